The lowest BCUT2D eigenvalue weighted by Crippen LogP contribution is -2.28. The number of aromatic nitrogens is 1. The molecule has 6 heteroatoms. The molecule has 0 fully saturated rings. The summed E-state index contributed by atoms with van der Waals surface area (Å²) in [6.07, 6.45) is 4.08. The molecule has 0 spiro atoms. The molecule has 1 aliphatic rings. The van der Waals surface area contributed by atoms with E-state index in [2.05, 4.69) is 10.4 Å². The summed E-state index contributed by atoms with van der Waals surface area (Å²) >= 11 is 7.96. The van der Waals surface area contributed by atoms with Crippen molar-refractivity contribution in [2.75, 3.05) is 10.8 Å². The van der Waals surface area contributed by atoms with Crippen molar-refractivity contribution in [1.29, 1.82) is 5.26 Å². The molecule has 132 valence electrons. The van der Waals surface area contributed by atoms with E-state index < -0.39 is 0 Å². The topological polar surface area (TPSA) is 51.1 Å². The van der Waals surface area contributed by atoms with Gasteiger partial charge in [-0.15, -0.1) is 0 Å². The molecule has 0 radical (unpaired) electrons. The van der Waals surface area contributed by atoms with Gasteiger partial charge in [-0.05, 0) is 48.2 Å². The van der Waals surface area contributed by atoms with Gasteiger partial charge in [0.25, 0.3) is 0 Å². The summed E-state index contributed by atoms with van der Waals surface area (Å²) in [6.45, 7) is 4.88. The highest BCUT2D eigenvalue weighted by molar-refractivity contribution is 8.00. The molecule has 4 rings (SSSR count). The molecule has 0 aliphatic carbocycles. The predicted molar refractivity (Wildman–Crippen MR) is 106 cm³/mol. The van der Waals surface area contributed by atoms with E-state index in [1.54, 1.807) is 18.1 Å². The van der Waals surface area contributed by atoms with E-state index >= 15 is 0 Å². The second-order valence-corrected chi connectivity index (χ2v) is 7.08. The fourth-order valence-corrected chi connectivity index (χ4v) is 4.49. The molecule has 0 bridgehead atoms. The summed E-state index contributed by atoms with van der Waals surface area (Å²) in [4.78, 5) is 1.02. The Labute approximate surface area is 162 Å². The molecule has 2 aromatic carbocycles. The molecule has 1 N–H and O–H groups in total. The minimum absolute atomic E-state index is 0.503. The van der Waals surface area contributed by atoms with Crippen molar-refractivity contribution >= 4 is 40.0 Å². The van der Waals surface area contributed by atoms with Crippen LogP contribution in [0.15, 0.2) is 53.7 Å². The Bertz CT molecular complexity index is 1000. The zero-order chi connectivity index (χ0) is 18.7. The lowest BCUT2D eigenvalue weighted by atomic mass is 10.1. The van der Waals surface area contributed by atoms with Crippen LogP contribution >= 0.6 is 23.5 Å². The Hall–Kier alpha value is -2.42. The van der Waals surface area contributed by atoms with Crippen molar-refractivity contribution in [1.82, 2.24) is 0 Å². The zero-order valence-corrected chi connectivity index (χ0v) is 16.2. The summed E-state index contributed by atoms with van der Waals surface area (Å²) in [5.41, 5.74) is 3.00. The molecular formula is C20H19ClN3OS+. The van der Waals surface area contributed by atoms with E-state index in [-0.39, 0.29) is 0 Å². The number of hydrogen-bond acceptors (Lipinski definition) is 4. The number of nitrogens with zero attached hydrogens (tertiary/aromatic N) is 3. The van der Waals surface area contributed by atoms with Crippen LogP contribution in [0.1, 0.15) is 25.0 Å². The minimum Gasteiger partial charge on any atom is -0.311 e. The number of pyridine rings is 1. The fourth-order valence-electron chi connectivity index (χ4n) is 2.98. The Morgan fingerprint density at radius 2 is 2.04 bits per heavy atom. The third kappa shape index (κ3) is 3.44. The highest BCUT2D eigenvalue weighted by Gasteiger charge is 2.22. The van der Waals surface area contributed by atoms with Gasteiger partial charge in [-0.3, -0.25) is 5.21 Å². The van der Waals surface area contributed by atoms with E-state index in [1.165, 1.54) is 11.8 Å². The first-order chi connectivity index (χ1) is 12.7. The van der Waals surface area contributed by atoms with Crippen LogP contribution in [0.3, 0.4) is 0 Å². The predicted octanol–water partition coefficient (Wildman–Crippen LogP) is 4.99. The van der Waals surface area contributed by atoms with Crippen LogP contribution in [0, 0.1) is 11.3 Å². The van der Waals surface area contributed by atoms with Gasteiger partial charge in [0.15, 0.2) is 0 Å². The molecule has 0 amide bonds. The number of anilines is 1. The number of rotatable bonds is 2. The van der Waals surface area contributed by atoms with Crippen LogP contribution in [0.4, 0.5) is 5.69 Å². The fraction of sp³-hybridized carbons (Fsp3) is 0.200. The lowest BCUT2D eigenvalue weighted by Gasteiger charge is -2.19. The van der Waals surface area contributed by atoms with Crippen molar-refractivity contribution in [2.24, 2.45) is 0 Å². The molecule has 1 aromatic heterocycles. The second kappa shape index (κ2) is 7.86. The van der Waals surface area contributed by atoms with Crippen molar-refractivity contribution in [3.05, 3.63) is 64.9 Å². The molecule has 3 aromatic rings. The van der Waals surface area contributed by atoms with Gasteiger partial charge in [0, 0.05) is 21.6 Å². The molecule has 1 aliphatic heterocycles. The van der Waals surface area contributed by atoms with Gasteiger partial charge in [0.05, 0.1) is 22.7 Å². The van der Waals surface area contributed by atoms with Crippen molar-refractivity contribution in [3.8, 4) is 6.07 Å². The van der Waals surface area contributed by atoms with E-state index in [0.29, 0.717) is 10.6 Å². The van der Waals surface area contributed by atoms with Gasteiger partial charge in [-0.25, -0.2) is 0 Å². The first-order valence-corrected chi connectivity index (χ1v) is 9.62. The number of hydrogen-bond donors (Lipinski definition) is 1. The lowest BCUT2D eigenvalue weighted by molar-refractivity contribution is -0.903. The van der Waals surface area contributed by atoms with Gasteiger partial charge in [-0.2, -0.15) is 5.26 Å². The van der Waals surface area contributed by atoms with E-state index in [1.807, 2.05) is 50.2 Å². The Balaban J connectivity index is 0.000000948. The van der Waals surface area contributed by atoms with Crippen LogP contribution in [-0.4, -0.2) is 11.8 Å². The van der Waals surface area contributed by atoms with Gasteiger partial charge in [-0.1, -0.05) is 37.6 Å². The van der Waals surface area contributed by atoms with Crippen LogP contribution in [0.25, 0.3) is 10.8 Å². The molecule has 0 atom stereocenters. The summed E-state index contributed by atoms with van der Waals surface area (Å²) in [7, 11) is 0. The SMILES string of the molecule is CC.N#Cc1ccc2c(c1)N(Sc1cccc3c[n+](O)cc(Cl)c13)CC2. The van der Waals surface area contributed by atoms with Crippen LogP contribution in [0.2, 0.25) is 5.02 Å². The monoisotopic (exact) mass is 384 g/mol. The average Bonchev–Trinajstić information content (AvgIpc) is 3.05. The largest absolute Gasteiger partial charge is 0.311 e. The minimum atomic E-state index is 0.503. The number of nitriles is 1. The number of benzene rings is 2. The van der Waals surface area contributed by atoms with Crippen molar-refractivity contribution < 1.29 is 9.94 Å². The van der Waals surface area contributed by atoms with Crippen LogP contribution in [0.5, 0.6) is 0 Å². The highest BCUT2D eigenvalue weighted by Crippen LogP contribution is 2.40. The average molecular weight is 385 g/mol. The van der Waals surface area contributed by atoms with Crippen LogP contribution < -0.4 is 9.04 Å². The van der Waals surface area contributed by atoms with E-state index in [0.717, 1.165) is 39.1 Å². The summed E-state index contributed by atoms with van der Waals surface area (Å²) < 4.78 is 3.17. The Morgan fingerprint density at radius 3 is 2.81 bits per heavy atom. The first kappa shape index (κ1) is 18.4. The van der Waals surface area contributed by atoms with Crippen LogP contribution in [-0.2, 0) is 6.42 Å². The van der Waals surface area contributed by atoms with E-state index in [4.69, 9.17) is 16.9 Å². The molecule has 4 nitrogen and oxygen atoms in total. The Morgan fingerprint density at radius 1 is 1.23 bits per heavy atom. The molecule has 0 saturated carbocycles. The Kier molecular flexibility index (Phi) is 5.55. The smallest absolute Gasteiger partial charge is 0.241 e. The maximum absolute atomic E-state index is 9.66. The quantitative estimate of drug-likeness (QED) is 0.384. The molecule has 26 heavy (non-hydrogen) atoms. The van der Waals surface area contributed by atoms with Gasteiger partial charge >= 0.3 is 0 Å². The number of halogens is 1. The van der Waals surface area contributed by atoms with Gasteiger partial charge < -0.3 is 4.31 Å². The summed E-state index contributed by atoms with van der Waals surface area (Å²) in [5.74, 6) is 0. The maximum atomic E-state index is 9.66. The third-order valence-corrected chi connectivity index (χ3v) is 5.51. The van der Waals surface area contributed by atoms with Gasteiger partial charge in [0.1, 0.15) is 5.02 Å². The normalized spacial score (nSPS) is 12.3. The van der Waals surface area contributed by atoms with Crippen molar-refractivity contribution in [2.45, 2.75) is 25.2 Å². The van der Waals surface area contributed by atoms with Crippen molar-refractivity contribution in [3.63, 3.8) is 0 Å². The van der Waals surface area contributed by atoms with E-state index in [9.17, 15) is 5.21 Å². The second-order valence-electron chi connectivity index (χ2n) is 5.61. The molecular weight excluding hydrogens is 366 g/mol. The standard InChI is InChI=1S/C18H13ClN3OS.C2H6/c19-15-11-21(23)10-14-2-1-3-17(18(14)15)24-22-7-6-13-5-4-12(9-20)8-16(13)22;1-2/h1-5,8,10-11,23H,6-7H2;1-2H3/q+1;. The maximum Gasteiger partial charge on any atom is 0.241 e. The summed E-state index contributed by atoms with van der Waals surface area (Å²) in [6, 6.07) is 13.9. The molecule has 2 heterocycles. The molecule has 0 saturated heterocycles. The number of fused-ring (bicyclic) bond motifs is 2. The third-order valence-electron chi connectivity index (χ3n) is 4.09. The zero-order valence-electron chi connectivity index (χ0n) is 14.6. The highest BCUT2D eigenvalue weighted by atomic mass is 35.5. The first-order valence-electron chi connectivity index (χ1n) is 8.47. The molecule has 0 unspecified atom stereocenters. The van der Waals surface area contributed by atoms with Gasteiger partial charge in [0.2, 0.25) is 12.4 Å². The summed E-state index contributed by atoms with van der Waals surface area (Å²) in [5, 5.41) is 21.1.